The molecule has 0 spiro atoms. The van der Waals surface area contributed by atoms with E-state index in [0.29, 0.717) is 24.9 Å². The van der Waals surface area contributed by atoms with E-state index in [9.17, 15) is 0 Å². The Kier molecular flexibility index (Phi) is 3.16. The molecule has 86 valence electrons. The zero-order valence-corrected chi connectivity index (χ0v) is 8.70. The second-order valence-corrected chi connectivity index (χ2v) is 3.33. The summed E-state index contributed by atoms with van der Waals surface area (Å²) in [5, 5.41) is 11.5. The highest BCUT2D eigenvalue weighted by Crippen LogP contribution is 2.09. The Bertz CT molecular complexity index is 389. The molecule has 1 saturated heterocycles. The maximum Gasteiger partial charge on any atom is 0.226 e. The van der Waals surface area contributed by atoms with Crippen molar-refractivity contribution in [1.29, 1.82) is 0 Å². The Balaban J connectivity index is 2.21. The lowest BCUT2D eigenvalue weighted by atomic mass is 10.4. The minimum Gasteiger partial charge on any atom is -0.409 e. The van der Waals surface area contributed by atoms with Gasteiger partial charge in [-0.2, -0.15) is 0 Å². The molecule has 1 aliphatic rings. The van der Waals surface area contributed by atoms with Crippen molar-refractivity contribution < 1.29 is 9.94 Å². The van der Waals surface area contributed by atoms with Gasteiger partial charge in [-0.1, -0.05) is 5.16 Å². The van der Waals surface area contributed by atoms with Crippen LogP contribution in [0, 0.1) is 0 Å². The predicted octanol–water partition coefficient (Wildman–Crippen LogP) is -0.592. The van der Waals surface area contributed by atoms with E-state index in [-0.39, 0.29) is 5.84 Å². The SMILES string of the molecule is N/C(=N/O)c1ccnc(N2CCOCC2)n1. The van der Waals surface area contributed by atoms with Gasteiger partial charge in [-0.15, -0.1) is 0 Å². The largest absolute Gasteiger partial charge is 0.409 e. The standard InChI is InChI=1S/C9H13N5O2/c10-8(13-15)7-1-2-11-9(12-7)14-3-5-16-6-4-14/h1-2,15H,3-6H2,(H2,10,13). The minimum atomic E-state index is -0.0168. The molecule has 16 heavy (non-hydrogen) atoms. The average Bonchev–Trinajstić information content (AvgIpc) is 2.39. The molecule has 0 atom stereocenters. The van der Waals surface area contributed by atoms with Gasteiger partial charge >= 0.3 is 0 Å². The van der Waals surface area contributed by atoms with Crippen LogP contribution in [0.15, 0.2) is 17.4 Å². The van der Waals surface area contributed by atoms with Gasteiger partial charge in [0.2, 0.25) is 5.95 Å². The first kappa shape index (κ1) is 10.6. The van der Waals surface area contributed by atoms with Crippen LogP contribution in [-0.4, -0.2) is 47.3 Å². The molecule has 1 aromatic rings. The summed E-state index contributed by atoms with van der Waals surface area (Å²) in [6, 6.07) is 1.60. The Morgan fingerprint density at radius 3 is 2.94 bits per heavy atom. The molecule has 7 nitrogen and oxygen atoms in total. The van der Waals surface area contributed by atoms with Crippen LogP contribution in [0.3, 0.4) is 0 Å². The van der Waals surface area contributed by atoms with Gasteiger partial charge in [0.05, 0.1) is 13.2 Å². The van der Waals surface area contributed by atoms with Crippen LogP contribution < -0.4 is 10.6 Å². The van der Waals surface area contributed by atoms with Crippen LogP contribution in [0.25, 0.3) is 0 Å². The van der Waals surface area contributed by atoms with Gasteiger partial charge < -0.3 is 20.6 Å². The van der Waals surface area contributed by atoms with E-state index in [1.54, 1.807) is 12.3 Å². The molecule has 7 heteroatoms. The van der Waals surface area contributed by atoms with E-state index in [1.165, 1.54) is 0 Å². The number of anilines is 1. The molecule has 2 rings (SSSR count). The molecule has 1 aromatic heterocycles. The third-order valence-electron chi connectivity index (χ3n) is 2.31. The number of oxime groups is 1. The summed E-state index contributed by atoms with van der Waals surface area (Å²) in [5.41, 5.74) is 5.87. The van der Waals surface area contributed by atoms with E-state index in [4.69, 9.17) is 15.7 Å². The number of amidine groups is 1. The Morgan fingerprint density at radius 1 is 1.50 bits per heavy atom. The Labute approximate surface area is 92.5 Å². The van der Waals surface area contributed by atoms with Crippen LogP contribution in [-0.2, 0) is 4.74 Å². The number of morpholine rings is 1. The highest BCUT2D eigenvalue weighted by molar-refractivity contribution is 5.95. The monoisotopic (exact) mass is 223 g/mol. The fraction of sp³-hybridized carbons (Fsp3) is 0.444. The van der Waals surface area contributed by atoms with Gasteiger partial charge in [-0.05, 0) is 6.07 Å². The van der Waals surface area contributed by atoms with Crippen molar-refractivity contribution in [3.8, 4) is 0 Å². The summed E-state index contributed by atoms with van der Waals surface area (Å²) in [5.74, 6) is 0.560. The Hall–Kier alpha value is -1.89. The second-order valence-electron chi connectivity index (χ2n) is 3.33. The summed E-state index contributed by atoms with van der Waals surface area (Å²) in [6.45, 7) is 2.83. The van der Waals surface area contributed by atoms with Crippen molar-refractivity contribution in [3.05, 3.63) is 18.0 Å². The van der Waals surface area contributed by atoms with Crippen LogP contribution in [0.5, 0.6) is 0 Å². The molecule has 0 aliphatic carbocycles. The van der Waals surface area contributed by atoms with Crippen molar-refractivity contribution in [2.75, 3.05) is 31.2 Å². The lowest BCUT2D eigenvalue weighted by Crippen LogP contribution is -2.37. The number of aromatic nitrogens is 2. The molecule has 0 aromatic carbocycles. The Morgan fingerprint density at radius 2 is 2.25 bits per heavy atom. The molecule has 0 unspecified atom stereocenters. The van der Waals surface area contributed by atoms with Gasteiger partial charge in [0.1, 0.15) is 5.69 Å². The second kappa shape index (κ2) is 4.75. The summed E-state index contributed by atoms with van der Waals surface area (Å²) in [6.07, 6.45) is 1.59. The molecule has 0 saturated carbocycles. The third kappa shape index (κ3) is 2.19. The van der Waals surface area contributed by atoms with E-state index >= 15 is 0 Å². The lowest BCUT2D eigenvalue weighted by molar-refractivity contribution is 0.122. The van der Waals surface area contributed by atoms with Crippen molar-refractivity contribution in [2.45, 2.75) is 0 Å². The van der Waals surface area contributed by atoms with Gasteiger partial charge in [0.15, 0.2) is 5.84 Å². The summed E-state index contributed by atoms with van der Waals surface area (Å²) < 4.78 is 5.23. The molecule has 2 heterocycles. The predicted molar refractivity (Wildman–Crippen MR) is 57.6 cm³/mol. The van der Waals surface area contributed by atoms with Gasteiger partial charge in [0.25, 0.3) is 0 Å². The van der Waals surface area contributed by atoms with Crippen LogP contribution in [0.1, 0.15) is 5.69 Å². The fourth-order valence-electron chi connectivity index (χ4n) is 1.46. The van der Waals surface area contributed by atoms with E-state index in [1.807, 2.05) is 4.90 Å². The number of nitrogens with zero attached hydrogens (tertiary/aromatic N) is 4. The molecule has 0 bridgehead atoms. The average molecular weight is 223 g/mol. The number of nitrogens with two attached hydrogens (primary N) is 1. The number of hydrogen-bond acceptors (Lipinski definition) is 6. The third-order valence-corrected chi connectivity index (χ3v) is 2.31. The van der Waals surface area contributed by atoms with Crippen molar-refractivity contribution in [2.24, 2.45) is 10.9 Å². The first-order valence-electron chi connectivity index (χ1n) is 4.95. The summed E-state index contributed by atoms with van der Waals surface area (Å²) in [7, 11) is 0. The molecule has 0 amide bonds. The van der Waals surface area contributed by atoms with Crippen LogP contribution in [0.4, 0.5) is 5.95 Å². The molecule has 3 N–H and O–H groups in total. The first-order valence-corrected chi connectivity index (χ1v) is 4.95. The van der Waals surface area contributed by atoms with E-state index in [2.05, 4.69) is 15.1 Å². The van der Waals surface area contributed by atoms with Crippen LogP contribution in [0.2, 0.25) is 0 Å². The molecule has 1 aliphatic heterocycles. The van der Waals surface area contributed by atoms with E-state index in [0.717, 1.165) is 13.1 Å². The maximum absolute atomic E-state index is 8.56. The molecule has 0 radical (unpaired) electrons. The number of rotatable bonds is 2. The molecular formula is C9H13N5O2. The first-order chi connectivity index (χ1) is 7.81. The smallest absolute Gasteiger partial charge is 0.226 e. The molecular weight excluding hydrogens is 210 g/mol. The van der Waals surface area contributed by atoms with Crippen molar-refractivity contribution in [1.82, 2.24) is 9.97 Å². The minimum absolute atomic E-state index is 0.0168. The molecule has 1 fully saturated rings. The van der Waals surface area contributed by atoms with Gasteiger partial charge in [-0.25, -0.2) is 9.97 Å². The zero-order chi connectivity index (χ0) is 11.4. The van der Waals surface area contributed by atoms with Crippen molar-refractivity contribution in [3.63, 3.8) is 0 Å². The van der Waals surface area contributed by atoms with Gasteiger partial charge in [0, 0.05) is 19.3 Å². The van der Waals surface area contributed by atoms with Gasteiger partial charge in [-0.3, -0.25) is 0 Å². The zero-order valence-electron chi connectivity index (χ0n) is 8.70. The fourth-order valence-corrected chi connectivity index (χ4v) is 1.46. The lowest BCUT2D eigenvalue weighted by Gasteiger charge is -2.26. The highest BCUT2D eigenvalue weighted by Gasteiger charge is 2.14. The van der Waals surface area contributed by atoms with Crippen LogP contribution >= 0.6 is 0 Å². The number of hydrogen-bond donors (Lipinski definition) is 2. The summed E-state index contributed by atoms with van der Waals surface area (Å²) >= 11 is 0. The number of ether oxygens (including phenoxy) is 1. The topological polar surface area (TPSA) is 96.9 Å². The normalized spacial score (nSPS) is 17.5. The van der Waals surface area contributed by atoms with E-state index < -0.39 is 0 Å². The van der Waals surface area contributed by atoms with Crippen molar-refractivity contribution >= 4 is 11.8 Å². The quantitative estimate of drug-likeness (QED) is 0.301. The summed E-state index contributed by atoms with van der Waals surface area (Å²) in [4.78, 5) is 10.4. The highest BCUT2D eigenvalue weighted by atomic mass is 16.5. The maximum atomic E-state index is 8.56.